The highest BCUT2D eigenvalue weighted by Gasteiger charge is 2.17. The molecule has 4 nitrogen and oxygen atoms in total. The number of aromatic carboxylic acids is 1. The van der Waals surface area contributed by atoms with Crippen molar-refractivity contribution < 1.29 is 9.90 Å². The van der Waals surface area contributed by atoms with Gasteiger partial charge < -0.3 is 5.11 Å². The first-order chi connectivity index (χ1) is 6.75. The molecule has 1 aromatic rings. The maximum atomic E-state index is 10.6. The Morgan fingerprint density at radius 3 is 2.86 bits per heavy atom. The van der Waals surface area contributed by atoms with Crippen LogP contribution >= 0.6 is 0 Å². The lowest BCUT2D eigenvalue weighted by Crippen LogP contribution is -1.98. The van der Waals surface area contributed by atoms with Gasteiger partial charge >= 0.3 is 5.97 Å². The Morgan fingerprint density at radius 2 is 2.29 bits per heavy atom. The van der Waals surface area contributed by atoms with Crippen LogP contribution in [0.4, 0.5) is 0 Å². The maximum Gasteiger partial charge on any atom is 0.356 e. The third-order valence-electron chi connectivity index (χ3n) is 2.83. The maximum absolute atomic E-state index is 10.6. The van der Waals surface area contributed by atoms with Gasteiger partial charge in [-0.15, -0.1) is 0 Å². The van der Waals surface area contributed by atoms with Crippen LogP contribution in [-0.4, -0.2) is 21.3 Å². The van der Waals surface area contributed by atoms with Crippen LogP contribution in [0.2, 0.25) is 0 Å². The lowest BCUT2D eigenvalue weighted by Gasteiger charge is -2.04. The van der Waals surface area contributed by atoms with E-state index in [1.54, 1.807) is 6.07 Å². The number of carboxylic acids is 1. The SMILES string of the molecule is O=C(O)c1cc(CC2CCCC2)[nH]n1. The van der Waals surface area contributed by atoms with Gasteiger partial charge in [-0.05, 0) is 18.4 Å². The standard InChI is InChI=1S/C10H14N2O2/c13-10(14)9-6-8(11-12-9)5-7-3-1-2-4-7/h6-7H,1-5H2,(H,11,12)(H,13,14). The Labute approximate surface area is 82.3 Å². The highest BCUT2D eigenvalue weighted by atomic mass is 16.4. The summed E-state index contributed by atoms with van der Waals surface area (Å²) in [6.07, 6.45) is 6.10. The molecule has 0 aliphatic heterocycles. The zero-order valence-corrected chi connectivity index (χ0v) is 7.99. The molecule has 0 saturated heterocycles. The molecule has 76 valence electrons. The lowest BCUT2D eigenvalue weighted by atomic mass is 10.0. The van der Waals surface area contributed by atoms with Gasteiger partial charge in [-0.2, -0.15) is 5.10 Å². The molecule has 0 unspecified atom stereocenters. The highest BCUT2D eigenvalue weighted by molar-refractivity contribution is 5.85. The zero-order valence-electron chi connectivity index (χ0n) is 7.99. The molecule has 4 heteroatoms. The second-order valence-electron chi connectivity index (χ2n) is 3.94. The minimum Gasteiger partial charge on any atom is -0.476 e. The molecule has 0 amide bonds. The molecule has 1 aliphatic rings. The van der Waals surface area contributed by atoms with E-state index in [2.05, 4.69) is 10.2 Å². The molecule has 0 radical (unpaired) electrons. The van der Waals surface area contributed by atoms with Gasteiger partial charge in [0.15, 0.2) is 5.69 Å². The number of hydrogen-bond acceptors (Lipinski definition) is 2. The predicted octanol–water partition coefficient (Wildman–Crippen LogP) is 1.84. The predicted molar refractivity (Wildman–Crippen MR) is 51.2 cm³/mol. The number of nitrogens with one attached hydrogen (secondary N) is 1. The number of hydrogen-bond donors (Lipinski definition) is 2. The van der Waals surface area contributed by atoms with Crippen LogP contribution in [0.15, 0.2) is 6.07 Å². The minimum atomic E-state index is -0.959. The summed E-state index contributed by atoms with van der Waals surface area (Å²) in [5.74, 6) is -0.240. The Morgan fingerprint density at radius 1 is 1.57 bits per heavy atom. The highest BCUT2D eigenvalue weighted by Crippen LogP contribution is 2.27. The third-order valence-corrected chi connectivity index (χ3v) is 2.83. The Kier molecular flexibility index (Phi) is 2.52. The number of aromatic nitrogens is 2. The molecule has 0 atom stereocenters. The molecule has 1 fully saturated rings. The summed E-state index contributed by atoms with van der Waals surface area (Å²) in [4.78, 5) is 10.6. The van der Waals surface area contributed by atoms with E-state index in [9.17, 15) is 4.79 Å². The normalized spacial score (nSPS) is 17.4. The van der Waals surface area contributed by atoms with E-state index in [-0.39, 0.29) is 5.69 Å². The third kappa shape index (κ3) is 1.95. The molecule has 1 aliphatic carbocycles. The number of H-pyrrole nitrogens is 1. The number of carboxylic acid groups (broad SMARTS) is 1. The van der Waals surface area contributed by atoms with E-state index in [0.717, 1.165) is 18.0 Å². The van der Waals surface area contributed by atoms with Crippen LogP contribution in [0, 0.1) is 5.92 Å². The molecule has 1 saturated carbocycles. The van der Waals surface area contributed by atoms with Crippen molar-refractivity contribution in [2.45, 2.75) is 32.1 Å². The first-order valence-corrected chi connectivity index (χ1v) is 5.03. The van der Waals surface area contributed by atoms with Crippen LogP contribution in [0.1, 0.15) is 41.9 Å². The molecule has 0 aromatic carbocycles. The minimum absolute atomic E-state index is 0.123. The van der Waals surface area contributed by atoms with Gasteiger partial charge in [-0.25, -0.2) is 4.79 Å². The molecule has 0 bridgehead atoms. The lowest BCUT2D eigenvalue weighted by molar-refractivity contribution is 0.0690. The summed E-state index contributed by atoms with van der Waals surface area (Å²) in [5, 5.41) is 15.2. The zero-order chi connectivity index (χ0) is 9.97. The number of carbonyl (C=O) groups is 1. The van der Waals surface area contributed by atoms with Gasteiger partial charge in [0.2, 0.25) is 0 Å². The largest absolute Gasteiger partial charge is 0.476 e. The Hall–Kier alpha value is -1.32. The molecule has 0 spiro atoms. The van der Waals surface area contributed by atoms with E-state index in [1.807, 2.05) is 0 Å². The molecule has 1 aromatic heterocycles. The van der Waals surface area contributed by atoms with E-state index >= 15 is 0 Å². The Bertz CT molecular complexity index is 327. The summed E-state index contributed by atoms with van der Waals surface area (Å²) in [6.45, 7) is 0. The topological polar surface area (TPSA) is 66.0 Å². The summed E-state index contributed by atoms with van der Waals surface area (Å²) < 4.78 is 0. The van der Waals surface area contributed by atoms with Crippen molar-refractivity contribution in [1.82, 2.24) is 10.2 Å². The fourth-order valence-electron chi connectivity index (χ4n) is 2.10. The Balaban J connectivity index is 1.98. The average molecular weight is 194 g/mol. The molecule has 14 heavy (non-hydrogen) atoms. The number of rotatable bonds is 3. The van der Waals surface area contributed by atoms with Gasteiger partial charge in [-0.3, -0.25) is 5.10 Å². The van der Waals surface area contributed by atoms with Gasteiger partial charge in [0, 0.05) is 5.69 Å². The van der Waals surface area contributed by atoms with E-state index in [1.165, 1.54) is 25.7 Å². The van der Waals surface area contributed by atoms with E-state index in [4.69, 9.17) is 5.11 Å². The van der Waals surface area contributed by atoms with E-state index < -0.39 is 5.97 Å². The molecular weight excluding hydrogens is 180 g/mol. The molecular formula is C10H14N2O2. The van der Waals surface area contributed by atoms with Crippen LogP contribution in [0.25, 0.3) is 0 Å². The quantitative estimate of drug-likeness (QED) is 0.771. The van der Waals surface area contributed by atoms with Crippen LogP contribution in [0.3, 0.4) is 0 Å². The van der Waals surface area contributed by atoms with Gasteiger partial charge in [0.25, 0.3) is 0 Å². The van der Waals surface area contributed by atoms with Crippen molar-refractivity contribution in [2.75, 3.05) is 0 Å². The van der Waals surface area contributed by atoms with Gasteiger partial charge in [0.05, 0.1) is 0 Å². The van der Waals surface area contributed by atoms with Gasteiger partial charge in [0.1, 0.15) is 0 Å². The summed E-state index contributed by atoms with van der Waals surface area (Å²) in [6, 6.07) is 1.64. The average Bonchev–Trinajstić information content (AvgIpc) is 2.75. The monoisotopic (exact) mass is 194 g/mol. The van der Waals surface area contributed by atoms with Crippen molar-refractivity contribution in [1.29, 1.82) is 0 Å². The fourth-order valence-corrected chi connectivity index (χ4v) is 2.10. The number of nitrogens with zero attached hydrogens (tertiary/aromatic N) is 1. The van der Waals surface area contributed by atoms with E-state index in [0.29, 0.717) is 0 Å². The van der Waals surface area contributed by atoms with Crippen molar-refractivity contribution in [3.8, 4) is 0 Å². The van der Waals surface area contributed by atoms with Crippen molar-refractivity contribution in [2.24, 2.45) is 5.92 Å². The summed E-state index contributed by atoms with van der Waals surface area (Å²) in [5.41, 5.74) is 1.08. The molecule has 2 rings (SSSR count). The number of aromatic amines is 1. The first-order valence-electron chi connectivity index (χ1n) is 5.03. The first kappa shape index (κ1) is 9.24. The molecule has 1 heterocycles. The second-order valence-corrected chi connectivity index (χ2v) is 3.94. The van der Waals surface area contributed by atoms with Crippen LogP contribution in [-0.2, 0) is 6.42 Å². The smallest absolute Gasteiger partial charge is 0.356 e. The summed E-state index contributed by atoms with van der Waals surface area (Å²) in [7, 11) is 0. The van der Waals surface area contributed by atoms with Crippen LogP contribution in [0.5, 0.6) is 0 Å². The van der Waals surface area contributed by atoms with Crippen molar-refractivity contribution in [3.05, 3.63) is 17.5 Å². The molecule has 2 N–H and O–H groups in total. The fraction of sp³-hybridized carbons (Fsp3) is 0.600. The summed E-state index contributed by atoms with van der Waals surface area (Å²) >= 11 is 0. The van der Waals surface area contributed by atoms with Crippen molar-refractivity contribution >= 4 is 5.97 Å². The van der Waals surface area contributed by atoms with Gasteiger partial charge in [-0.1, -0.05) is 25.7 Å². The van der Waals surface area contributed by atoms with Crippen LogP contribution < -0.4 is 0 Å². The van der Waals surface area contributed by atoms with Crippen molar-refractivity contribution in [3.63, 3.8) is 0 Å². The second kappa shape index (κ2) is 3.82.